The van der Waals surface area contributed by atoms with Crippen molar-refractivity contribution in [2.45, 2.75) is 5.41 Å². The van der Waals surface area contributed by atoms with Crippen LogP contribution in [0, 0.1) is 40.9 Å². The maximum absolute atomic E-state index is 12.2. The fourth-order valence-electron chi connectivity index (χ4n) is 7.64. The predicted molar refractivity (Wildman–Crippen MR) is 81.1 cm³/mol. The second-order valence-corrected chi connectivity index (χ2v) is 7.93. The zero-order chi connectivity index (χ0) is 15.8. The smallest absolute Gasteiger partial charge is 0.312 e. The monoisotopic (exact) mass is 321 g/mol. The van der Waals surface area contributed by atoms with Gasteiger partial charge in [0.2, 0.25) is 5.89 Å². The number of aromatic nitrogens is 2. The van der Waals surface area contributed by atoms with Crippen LogP contribution in [0.5, 0.6) is 0 Å². The van der Waals surface area contributed by atoms with Crippen LogP contribution in [0.1, 0.15) is 5.89 Å². The Morgan fingerprint density at radius 2 is 1.79 bits per heavy atom. The van der Waals surface area contributed by atoms with Crippen molar-refractivity contribution in [3.05, 3.63) is 36.2 Å². The van der Waals surface area contributed by atoms with Crippen molar-refractivity contribution in [1.29, 1.82) is 0 Å². The van der Waals surface area contributed by atoms with E-state index in [1.165, 1.54) is 7.11 Å². The van der Waals surface area contributed by atoms with Crippen LogP contribution in [0.2, 0.25) is 0 Å². The van der Waals surface area contributed by atoms with Crippen LogP contribution in [0.3, 0.4) is 0 Å². The first-order valence-corrected chi connectivity index (χ1v) is 8.52. The summed E-state index contributed by atoms with van der Waals surface area (Å²) in [4.78, 5) is 16.8. The Balaban J connectivity index is 1.18. The van der Waals surface area contributed by atoms with Crippen LogP contribution >= 0.6 is 0 Å². The summed E-state index contributed by atoms with van der Waals surface area (Å²) < 4.78 is 10.7. The maximum atomic E-state index is 12.2. The summed E-state index contributed by atoms with van der Waals surface area (Å²) in [6.07, 6.45) is 0. The number of carbonyl (C=O) groups is 1. The molecule has 6 nitrogen and oxygen atoms in total. The Kier molecular flexibility index (Phi) is 1.62. The summed E-state index contributed by atoms with van der Waals surface area (Å²) in [5.41, 5.74) is 0.935. The Morgan fingerprint density at radius 1 is 1.12 bits per heavy atom. The Bertz CT molecular complexity index is 867. The molecule has 6 aliphatic rings. The third-order valence-corrected chi connectivity index (χ3v) is 8.00. The zero-order valence-corrected chi connectivity index (χ0v) is 13.0. The highest BCUT2D eigenvalue weighted by atomic mass is 16.5. The average molecular weight is 321 g/mol. The first kappa shape index (κ1) is 12.1. The number of para-hydroxylation sites is 1. The molecule has 2 aromatic rings. The lowest BCUT2D eigenvalue weighted by Crippen LogP contribution is -3.12. The number of hydrogen-bond acceptors (Lipinski definition) is 6. The minimum atomic E-state index is -0.109. The Hall–Kier alpha value is -2.37. The van der Waals surface area contributed by atoms with Gasteiger partial charge in [0.05, 0.1) is 17.9 Å². The normalized spacial score (nSPS) is 49.5. The molecule has 0 unspecified atom stereocenters. The van der Waals surface area contributed by atoms with Gasteiger partial charge in [-0.1, -0.05) is 18.2 Å². The second kappa shape index (κ2) is 3.23. The number of nitrogens with zero attached hydrogens (tertiary/aromatic N) is 2. The molecule has 0 atom stereocenters. The molecule has 8 rings (SSSR count). The molecule has 24 heavy (non-hydrogen) atoms. The molecule has 6 fully saturated rings. The molecular weight excluding hydrogens is 306 g/mol. The number of carbonyl (C=O) groups excluding carboxylic acids is 1. The molecule has 1 aromatic heterocycles. The molecule has 0 spiro atoms. The molecule has 0 saturated heterocycles. The molecule has 6 heteroatoms. The lowest BCUT2D eigenvalue weighted by atomic mass is 8.92. The lowest BCUT2D eigenvalue weighted by molar-refractivity contribution is -0.616. The highest BCUT2D eigenvalue weighted by Gasteiger charge is 3.13. The Morgan fingerprint density at radius 3 is 2.42 bits per heavy atom. The number of esters is 1. The molecule has 0 amide bonds. The van der Waals surface area contributed by atoms with Gasteiger partial charge in [0.25, 0.3) is 5.95 Å². The summed E-state index contributed by atoms with van der Waals surface area (Å²) in [6.45, 7) is 0. The number of nitrogens with one attached hydrogen (secondary N) is 1. The predicted octanol–water partition coefficient (Wildman–Crippen LogP) is 1.98. The largest absolute Gasteiger partial charge is 0.469 e. The first-order valence-electron chi connectivity index (χ1n) is 8.52. The van der Waals surface area contributed by atoms with Crippen molar-refractivity contribution in [1.82, 2.24) is 10.1 Å². The van der Waals surface area contributed by atoms with E-state index in [0.29, 0.717) is 41.5 Å². The third-order valence-electron chi connectivity index (χ3n) is 8.00. The summed E-state index contributed by atoms with van der Waals surface area (Å²) in [7, 11) is 1.51. The molecule has 0 aliphatic heterocycles. The number of benzene rings is 1. The van der Waals surface area contributed by atoms with Crippen molar-refractivity contribution in [3.63, 3.8) is 0 Å². The molecule has 6 aliphatic carbocycles. The highest BCUT2D eigenvalue weighted by molar-refractivity contribution is 5.89. The molecule has 0 radical (unpaired) electrons. The van der Waals surface area contributed by atoms with Gasteiger partial charge in [-0.05, 0) is 52.8 Å². The summed E-state index contributed by atoms with van der Waals surface area (Å²) in [5, 5.41) is 7.30. The van der Waals surface area contributed by atoms with Crippen LogP contribution in [0.15, 0.2) is 34.9 Å². The van der Waals surface area contributed by atoms with Gasteiger partial charge in [-0.3, -0.25) is 4.79 Å². The van der Waals surface area contributed by atoms with Crippen molar-refractivity contribution >= 4 is 17.6 Å². The van der Waals surface area contributed by atoms with Crippen LogP contribution < -0.4 is 5.32 Å². The minimum Gasteiger partial charge on any atom is -0.469 e. The van der Waals surface area contributed by atoms with Crippen LogP contribution in [0.25, 0.3) is 0 Å². The van der Waals surface area contributed by atoms with Gasteiger partial charge in [0, 0.05) is 5.69 Å². The van der Waals surface area contributed by atoms with Gasteiger partial charge in [0.15, 0.2) is 0 Å². The van der Waals surface area contributed by atoms with Crippen molar-refractivity contribution in [2.24, 2.45) is 40.9 Å². The highest BCUT2D eigenvalue weighted by Crippen LogP contribution is 3.09. The van der Waals surface area contributed by atoms with Crippen LogP contribution in [-0.4, -0.2) is 23.2 Å². The van der Waals surface area contributed by atoms with E-state index >= 15 is 0 Å². The minimum absolute atomic E-state index is 0.0245. The van der Waals surface area contributed by atoms with Crippen LogP contribution in [0.4, 0.5) is 11.6 Å². The van der Waals surface area contributed by atoms with Gasteiger partial charge >= 0.3 is 5.97 Å². The van der Waals surface area contributed by atoms with Gasteiger partial charge in [-0.25, -0.2) is 0 Å². The topological polar surface area (TPSA) is 77.2 Å². The Labute approximate surface area is 137 Å². The van der Waals surface area contributed by atoms with E-state index in [2.05, 4.69) is 15.5 Å². The van der Waals surface area contributed by atoms with E-state index in [9.17, 15) is 4.79 Å². The maximum Gasteiger partial charge on any atom is 0.312 e. The summed E-state index contributed by atoms with van der Waals surface area (Å²) >= 11 is 0. The molecule has 1 heterocycles. The van der Waals surface area contributed by atoms with Crippen molar-refractivity contribution in [3.8, 4) is 0 Å². The second-order valence-electron chi connectivity index (χ2n) is 7.93. The van der Waals surface area contributed by atoms with E-state index in [0.717, 1.165) is 11.6 Å². The van der Waals surface area contributed by atoms with Crippen LogP contribution in [-0.2, 0) is 14.9 Å². The average Bonchev–Trinajstić information content (AvgIpc) is 3.10. The fourth-order valence-corrected chi connectivity index (χ4v) is 7.64. The number of methoxy groups -OCH3 is 1. The van der Waals surface area contributed by atoms with E-state index in [1.54, 1.807) is 0 Å². The number of ether oxygens (including phenoxy) is 1. The van der Waals surface area contributed by atoms with E-state index in [-0.39, 0.29) is 16.8 Å². The molecular formula is C18H15N3O3. The standard InChI is InChI=1S/C18H15N3O3/c1-23-15(22)18-11-8-12(18)10-13(18)9(11)17(8,10)14-20-16(21-24-14)19-7-5-3-2-4-6-7/h2-6,8-13H,1H3,(H,19,21). The van der Waals surface area contributed by atoms with E-state index in [1.807, 2.05) is 30.3 Å². The van der Waals surface area contributed by atoms with Gasteiger partial charge in [-0.15, -0.1) is 0 Å². The molecule has 0 bridgehead atoms. The summed E-state index contributed by atoms with van der Waals surface area (Å²) in [6, 6.07) is 9.85. The van der Waals surface area contributed by atoms with Crippen molar-refractivity contribution in [2.75, 3.05) is 12.4 Å². The van der Waals surface area contributed by atoms with Crippen molar-refractivity contribution < 1.29 is 14.1 Å². The fraction of sp³-hybridized carbons (Fsp3) is 0.500. The van der Waals surface area contributed by atoms with Gasteiger partial charge < -0.3 is 14.6 Å². The number of rotatable bonds is 4. The zero-order valence-electron chi connectivity index (χ0n) is 13.0. The van der Waals surface area contributed by atoms with E-state index in [4.69, 9.17) is 9.26 Å². The first-order chi connectivity index (χ1) is 11.8. The number of anilines is 2. The number of hydrogen-bond donors (Lipinski definition) is 1. The van der Waals surface area contributed by atoms with Gasteiger partial charge in [-0.2, -0.15) is 4.98 Å². The van der Waals surface area contributed by atoms with E-state index < -0.39 is 0 Å². The third kappa shape index (κ3) is 0.794. The summed E-state index contributed by atoms with van der Waals surface area (Å²) in [5.74, 6) is 4.59. The lowest BCUT2D eigenvalue weighted by Gasteiger charge is -3.09. The molecule has 1 N–H and O–H groups in total. The molecule has 120 valence electrons. The van der Waals surface area contributed by atoms with Gasteiger partial charge in [0.1, 0.15) is 0 Å². The molecule has 6 saturated carbocycles. The SMILES string of the molecule is COC(=O)C12C3C4C1C1C2C3C41c1nc(Nc2ccccc2)no1. The molecule has 1 aromatic carbocycles. The quantitative estimate of drug-likeness (QED) is 0.868.